The number of nitrogens with one attached hydrogen (secondary N) is 1. The van der Waals surface area contributed by atoms with Crippen molar-refractivity contribution in [1.82, 2.24) is 4.90 Å². The molecule has 2 aromatic rings. The summed E-state index contributed by atoms with van der Waals surface area (Å²) in [7, 11) is 1.92. The first kappa shape index (κ1) is 18.9. The molecule has 1 N–H and O–H groups in total. The molecule has 0 amide bonds. The van der Waals surface area contributed by atoms with Crippen molar-refractivity contribution in [2.24, 2.45) is 0 Å². The maximum Gasteiger partial charge on any atom is 0.269 e. The fourth-order valence-corrected chi connectivity index (χ4v) is 2.52. The largest absolute Gasteiger partial charge is 0.348 e. The lowest BCUT2D eigenvalue weighted by atomic mass is 9.87. The summed E-state index contributed by atoms with van der Waals surface area (Å²) in [4.78, 5) is 12.2. The number of rotatable bonds is 4. The van der Waals surface area contributed by atoms with E-state index in [9.17, 15) is 10.1 Å². The quantitative estimate of drug-likeness (QED) is 0.487. The summed E-state index contributed by atoms with van der Waals surface area (Å²) in [5.41, 5.74) is 3.39. The van der Waals surface area contributed by atoms with Gasteiger partial charge in [-0.2, -0.15) is 0 Å². The lowest BCUT2D eigenvalue weighted by Gasteiger charge is -2.22. The molecular formula is C19H23N3O2S. The molecular weight excluding hydrogens is 334 g/mol. The molecule has 0 aliphatic heterocycles. The second-order valence-corrected chi connectivity index (χ2v) is 7.42. The van der Waals surface area contributed by atoms with Crippen LogP contribution < -0.4 is 5.32 Å². The van der Waals surface area contributed by atoms with E-state index in [2.05, 4.69) is 50.4 Å². The third-order valence-electron chi connectivity index (χ3n) is 3.92. The highest BCUT2D eigenvalue weighted by Gasteiger charge is 2.13. The van der Waals surface area contributed by atoms with Crippen LogP contribution in [0.2, 0.25) is 0 Å². The third-order valence-corrected chi connectivity index (χ3v) is 4.33. The van der Waals surface area contributed by atoms with Gasteiger partial charge in [0.15, 0.2) is 5.11 Å². The van der Waals surface area contributed by atoms with Crippen molar-refractivity contribution >= 4 is 28.7 Å². The van der Waals surface area contributed by atoms with E-state index in [1.54, 1.807) is 12.1 Å². The van der Waals surface area contributed by atoms with E-state index in [1.807, 2.05) is 11.9 Å². The number of nitrogens with zero attached hydrogens (tertiary/aromatic N) is 2. The molecule has 0 unspecified atom stereocenters. The number of anilines is 1. The molecule has 0 spiro atoms. The Morgan fingerprint density at radius 3 is 2.16 bits per heavy atom. The zero-order chi connectivity index (χ0) is 18.6. The Kier molecular flexibility index (Phi) is 5.74. The summed E-state index contributed by atoms with van der Waals surface area (Å²) < 4.78 is 0. The smallest absolute Gasteiger partial charge is 0.269 e. The Hall–Kier alpha value is -2.47. The summed E-state index contributed by atoms with van der Waals surface area (Å²) in [5.74, 6) is 0. The van der Waals surface area contributed by atoms with Crippen molar-refractivity contribution in [1.29, 1.82) is 0 Å². The maximum absolute atomic E-state index is 10.7. The van der Waals surface area contributed by atoms with Crippen LogP contribution in [0, 0.1) is 10.1 Å². The lowest BCUT2D eigenvalue weighted by molar-refractivity contribution is -0.384. The fourth-order valence-electron chi connectivity index (χ4n) is 2.34. The van der Waals surface area contributed by atoms with E-state index in [0.717, 1.165) is 5.69 Å². The molecule has 0 aromatic heterocycles. The Balaban J connectivity index is 1.96. The number of nitro benzene ring substituents is 1. The number of thiocarbonyl (C=S) groups is 1. The van der Waals surface area contributed by atoms with E-state index in [1.165, 1.54) is 23.3 Å². The van der Waals surface area contributed by atoms with Gasteiger partial charge in [-0.1, -0.05) is 45.0 Å². The predicted octanol–water partition coefficient (Wildman–Crippen LogP) is 4.72. The van der Waals surface area contributed by atoms with Gasteiger partial charge in [0.25, 0.3) is 5.69 Å². The van der Waals surface area contributed by atoms with Crippen molar-refractivity contribution in [3.05, 3.63) is 69.8 Å². The normalized spacial score (nSPS) is 11.0. The summed E-state index contributed by atoms with van der Waals surface area (Å²) in [6.07, 6.45) is 0. The van der Waals surface area contributed by atoms with Crippen LogP contribution in [-0.4, -0.2) is 22.0 Å². The van der Waals surface area contributed by atoms with E-state index >= 15 is 0 Å². The summed E-state index contributed by atoms with van der Waals surface area (Å²) in [6.45, 7) is 7.26. The molecule has 0 radical (unpaired) electrons. The molecule has 6 heteroatoms. The third kappa shape index (κ3) is 5.26. The Morgan fingerprint density at radius 2 is 1.68 bits per heavy atom. The molecule has 0 bridgehead atoms. The lowest BCUT2D eigenvalue weighted by Crippen LogP contribution is -2.30. The van der Waals surface area contributed by atoms with Gasteiger partial charge in [0.05, 0.1) is 4.92 Å². The summed E-state index contributed by atoms with van der Waals surface area (Å²) in [6, 6.07) is 14.7. The van der Waals surface area contributed by atoms with Gasteiger partial charge < -0.3 is 10.2 Å². The molecule has 0 fully saturated rings. The number of hydrogen-bond acceptors (Lipinski definition) is 3. The van der Waals surface area contributed by atoms with Crippen LogP contribution in [0.25, 0.3) is 0 Å². The van der Waals surface area contributed by atoms with E-state index in [0.29, 0.717) is 11.7 Å². The molecule has 0 aliphatic rings. The van der Waals surface area contributed by atoms with Gasteiger partial charge in [-0.3, -0.25) is 10.1 Å². The molecule has 2 aromatic carbocycles. The van der Waals surface area contributed by atoms with E-state index in [4.69, 9.17) is 12.2 Å². The Bertz CT molecular complexity index is 750. The average Bonchev–Trinajstić information content (AvgIpc) is 2.55. The number of nitro groups is 1. The first-order chi connectivity index (χ1) is 11.7. The SMILES string of the molecule is CN(Cc1ccc(C(C)(C)C)cc1)C(=S)Nc1ccc([N+](=O)[O-])cc1. The van der Waals surface area contributed by atoms with Crippen LogP contribution in [0.5, 0.6) is 0 Å². The van der Waals surface area contributed by atoms with Crippen LogP contribution >= 0.6 is 12.2 Å². The molecule has 2 rings (SSSR count). The van der Waals surface area contributed by atoms with Crippen LogP contribution in [0.4, 0.5) is 11.4 Å². The van der Waals surface area contributed by atoms with Crippen molar-refractivity contribution < 1.29 is 4.92 Å². The van der Waals surface area contributed by atoms with Gasteiger partial charge in [0, 0.05) is 31.4 Å². The second kappa shape index (κ2) is 7.61. The standard InChI is InChI=1S/C19H23N3O2S/c1-19(2,3)15-7-5-14(6-8-15)13-21(4)18(25)20-16-9-11-17(12-10-16)22(23)24/h5-12H,13H2,1-4H3,(H,20,25). The Labute approximate surface area is 153 Å². The van der Waals surface area contributed by atoms with Crippen molar-refractivity contribution in [3.8, 4) is 0 Å². The maximum atomic E-state index is 10.7. The minimum absolute atomic E-state index is 0.0590. The van der Waals surface area contributed by atoms with Gasteiger partial charge in [-0.05, 0) is 40.9 Å². The highest BCUT2D eigenvalue weighted by Crippen LogP contribution is 2.22. The molecule has 0 saturated heterocycles. The molecule has 5 nitrogen and oxygen atoms in total. The topological polar surface area (TPSA) is 58.4 Å². The van der Waals surface area contributed by atoms with Crippen LogP contribution in [0.15, 0.2) is 48.5 Å². The minimum Gasteiger partial charge on any atom is -0.348 e. The zero-order valence-electron chi connectivity index (χ0n) is 14.9. The number of benzene rings is 2. The van der Waals surface area contributed by atoms with Crippen LogP contribution in [-0.2, 0) is 12.0 Å². The minimum atomic E-state index is -0.421. The van der Waals surface area contributed by atoms with E-state index < -0.39 is 4.92 Å². The fraction of sp³-hybridized carbons (Fsp3) is 0.316. The summed E-state index contributed by atoms with van der Waals surface area (Å²) >= 11 is 5.41. The Morgan fingerprint density at radius 1 is 1.12 bits per heavy atom. The summed E-state index contributed by atoms with van der Waals surface area (Å²) in [5, 5.41) is 14.3. The van der Waals surface area contributed by atoms with Gasteiger partial charge in [-0.15, -0.1) is 0 Å². The van der Waals surface area contributed by atoms with Crippen molar-refractivity contribution in [2.75, 3.05) is 12.4 Å². The highest BCUT2D eigenvalue weighted by molar-refractivity contribution is 7.80. The molecule has 0 saturated carbocycles. The number of hydrogen-bond donors (Lipinski definition) is 1. The molecule has 132 valence electrons. The molecule has 0 heterocycles. The van der Waals surface area contributed by atoms with Crippen molar-refractivity contribution in [2.45, 2.75) is 32.7 Å². The molecule has 0 aliphatic carbocycles. The second-order valence-electron chi connectivity index (χ2n) is 7.04. The molecule has 0 atom stereocenters. The zero-order valence-corrected chi connectivity index (χ0v) is 15.8. The monoisotopic (exact) mass is 357 g/mol. The van der Waals surface area contributed by atoms with Crippen LogP contribution in [0.3, 0.4) is 0 Å². The predicted molar refractivity (Wildman–Crippen MR) is 106 cm³/mol. The van der Waals surface area contributed by atoms with Gasteiger partial charge in [0.1, 0.15) is 0 Å². The van der Waals surface area contributed by atoms with E-state index in [-0.39, 0.29) is 11.1 Å². The highest BCUT2D eigenvalue weighted by atomic mass is 32.1. The first-order valence-electron chi connectivity index (χ1n) is 8.03. The molecule has 25 heavy (non-hydrogen) atoms. The van der Waals surface area contributed by atoms with Gasteiger partial charge in [-0.25, -0.2) is 0 Å². The van der Waals surface area contributed by atoms with Gasteiger partial charge >= 0.3 is 0 Å². The average molecular weight is 357 g/mol. The van der Waals surface area contributed by atoms with Gasteiger partial charge in [0.2, 0.25) is 0 Å². The van der Waals surface area contributed by atoms with Crippen molar-refractivity contribution in [3.63, 3.8) is 0 Å². The van der Waals surface area contributed by atoms with Crippen LogP contribution in [0.1, 0.15) is 31.9 Å². The number of non-ortho nitro benzene ring substituents is 1. The first-order valence-corrected chi connectivity index (χ1v) is 8.43.